The van der Waals surface area contributed by atoms with Crippen molar-refractivity contribution in [3.63, 3.8) is 0 Å². The first kappa shape index (κ1) is 13.0. The van der Waals surface area contributed by atoms with Gasteiger partial charge >= 0.3 is 0 Å². The fourth-order valence-corrected chi connectivity index (χ4v) is 1.69. The Balaban J connectivity index is 2.26. The van der Waals surface area contributed by atoms with Gasteiger partial charge in [0.05, 0.1) is 7.11 Å². The number of nitrogens with zero attached hydrogens (tertiary/aromatic N) is 1. The molecule has 1 aromatic heterocycles. The predicted octanol–water partition coefficient (Wildman–Crippen LogP) is 2.62. The van der Waals surface area contributed by atoms with Gasteiger partial charge in [0.15, 0.2) is 0 Å². The molecule has 1 N–H and O–H groups in total. The Bertz CT molecular complexity index is 284. The minimum absolute atomic E-state index is 0.670. The van der Waals surface area contributed by atoms with Crippen LogP contribution in [0, 0.1) is 5.92 Å². The highest BCUT2D eigenvalue weighted by molar-refractivity contribution is 5.17. The third-order valence-electron chi connectivity index (χ3n) is 2.61. The summed E-state index contributed by atoms with van der Waals surface area (Å²) in [6.45, 7) is 6.46. The number of hydrogen-bond acceptors (Lipinski definition) is 3. The molecular weight excluding hydrogens is 200 g/mol. The first-order chi connectivity index (χ1) is 7.76. The van der Waals surface area contributed by atoms with Gasteiger partial charge in [-0.1, -0.05) is 26.3 Å². The average Bonchev–Trinajstić information content (AvgIpc) is 2.30. The quantitative estimate of drug-likeness (QED) is 0.770. The minimum atomic E-state index is 0.670. The van der Waals surface area contributed by atoms with E-state index in [0.717, 1.165) is 19.0 Å². The summed E-state index contributed by atoms with van der Waals surface area (Å²) >= 11 is 0. The molecule has 1 heterocycles. The molecule has 90 valence electrons. The highest BCUT2D eigenvalue weighted by Gasteiger charge is 2.00. The Labute approximate surface area is 98.2 Å². The SMILES string of the molecule is CCCC(C)CNCc1ccc(OC)nc1. The highest BCUT2D eigenvalue weighted by Crippen LogP contribution is 2.07. The van der Waals surface area contributed by atoms with Gasteiger partial charge in [-0.15, -0.1) is 0 Å². The maximum Gasteiger partial charge on any atom is 0.212 e. The van der Waals surface area contributed by atoms with Crippen LogP contribution in [-0.2, 0) is 6.54 Å². The molecule has 0 spiro atoms. The molecule has 0 saturated carbocycles. The number of nitrogens with one attached hydrogen (secondary N) is 1. The van der Waals surface area contributed by atoms with Gasteiger partial charge < -0.3 is 10.1 Å². The Morgan fingerprint density at radius 2 is 2.25 bits per heavy atom. The van der Waals surface area contributed by atoms with Gasteiger partial charge in [0.25, 0.3) is 0 Å². The van der Waals surface area contributed by atoms with Crippen molar-refractivity contribution in [2.45, 2.75) is 33.2 Å². The van der Waals surface area contributed by atoms with Crippen LogP contribution in [0.25, 0.3) is 0 Å². The lowest BCUT2D eigenvalue weighted by molar-refractivity contribution is 0.397. The summed E-state index contributed by atoms with van der Waals surface area (Å²) in [6, 6.07) is 3.94. The Morgan fingerprint density at radius 3 is 2.81 bits per heavy atom. The van der Waals surface area contributed by atoms with E-state index in [9.17, 15) is 0 Å². The van der Waals surface area contributed by atoms with Crippen molar-refractivity contribution in [3.8, 4) is 5.88 Å². The van der Waals surface area contributed by atoms with E-state index in [1.165, 1.54) is 18.4 Å². The first-order valence-corrected chi connectivity index (χ1v) is 5.96. The summed E-state index contributed by atoms with van der Waals surface area (Å²) in [4.78, 5) is 4.17. The second-order valence-corrected chi connectivity index (χ2v) is 4.23. The molecule has 16 heavy (non-hydrogen) atoms. The number of aromatic nitrogens is 1. The number of ether oxygens (including phenoxy) is 1. The molecule has 0 amide bonds. The van der Waals surface area contributed by atoms with Crippen LogP contribution in [0.2, 0.25) is 0 Å². The Hall–Kier alpha value is -1.09. The summed E-state index contributed by atoms with van der Waals surface area (Å²) in [5, 5.41) is 3.44. The molecule has 0 fully saturated rings. The van der Waals surface area contributed by atoms with Gasteiger partial charge in [0.1, 0.15) is 0 Å². The zero-order valence-electron chi connectivity index (χ0n) is 10.5. The molecule has 0 bridgehead atoms. The second-order valence-electron chi connectivity index (χ2n) is 4.23. The summed E-state index contributed by atoms with van der Waals surface area (Å²) in [6.07, 6.45) is 4.40. The van der Waals surface area contributed by atoms with Crippen molar-refractivity contribution >= 4 is 0 Å². The maximum absolute atomic E-state index is 5.01. The fourth-order valence-electron chi connectivity index (χ4n) is 1.69. The minimum Gasteiger partial charge on any atom is -0.481 e. The number of pyridine rings is 1. The zero-order valence-corrected chi connectivity index (χ0v) is 10.5. The van der Waals surface area contributed by atoms with Crippen LogP contribution in [0.5, 0.6) is 5.88 Å². The lowest BCUT2D eigenvalue weighted by Crippen LogP contribution is -2.20. The van der Waals surface area contributed by atoms with Gasteiger partial charge in [-0.25, -0.2) is 4.98 Å². The van der Waals surface area contributed by atoms with Gasteiger partial charge in [0, 0.05) is 18.8 Å². The van der Waals surface area contributed by atoms with E-state index < -0.39 is 0 Å². The van der Waals surface area contributed by atoms with E-state index in [4.69, 9.17) is 4.74 Å². The van der Waals surface area contributed by atoms with Crippen LogP contribution in [0.1, 0.15) is 32.3 Å². The summed E-state index contributed by atoms with van der Waals surface area (Å²) in [5.41, 5.74) is 1.20. The highest BCUT2D eigenvalue weighted by atomic mass is 16.5. The maximum atomic E-state index is 5.01. The summed E-state index contributed by atoms with van der Waals surface area (Å²) in [7, 11) is 1.63. The summed E-state index contributed by atoms with van der Waals surface area (Å²) in [5.74, 6) is 1.42. The molecule has 1 aromatic rings. The largest absolute Gasteiger partial charge is 0.481 e. The van der Waals surface area contributed by atoms with Crippen LogP contribution in [0.15, 0.2) is 18.3 Å². The van der Waals surface area contributed by atoms with Crippen molar-refractivity contribution in [1.29, 1.82) is 0 Å². The molecule has 0 saturated heterocycles. The number of rotatable bonds is 7. The van der Waals surface area contributed by atoms with E-state index in [2.05, 4.69) is 24.1 Å². The van der Waals surface area contributed by atoms with E-state index in [1.54, 1.807) is 7.11 Å². The fraction of sp³-hybridized carbons (Fsp3) is 0.615. The topological polar surface area (TPSA) is 34.1 Å². The van der Waals surface area contributed by atoms with Crippen molar-refractivity contribution in [1.82, 2.24) is 10.3 Å². The first-order valence-electron chi connectivity index (χ1n) is 5.96. The standard InChI is InChI=1S/C13H22N2O/c1-4-5-11(2)8-14-9-12-6-7-13(16-3)15-10-12/h6-7,10-11,14H,4-5,8-9H2,1-3H3. The van der Waals surface area contributed by atoms with E-state index in [1.807, 2.05) is 18.3 Å². The zero-order chi connectivity index (χ0) is 11.8. The molecule has 1 atom stereocenters. The Morgan fingerprint density at radius 1 is 1.44 bits per heavy atom. The van der Waals surface area contributed by atoms with Crippen LogP contribution in [-0.4, -0.2) is 18.6 Å². The second kappa shape index (κ2) is 7.23. The van der Waals surface area contributed by atoms with Gasteiger partial charge in [0.2, 0.25) is 5.88 Å². The molecule has 0 aromatic carbocycles. The normalized spacial score (nSPS) is 12.4. The molecule has 0 aliphatic rings. The molecule has 3 heteroatoms. The lowest BCUT2D eigenvalue weighted by Gasteiger charge is -2.11. The monoisotopic (exact) mass is 222 g/mol. The van der Waals surface area contributed by atoms with Crippen molar-refractivity contribution < 1.29 is 4.74 Å². The average molecular weight is 222 g/mol. The molecule has 1 unspecified atom stereocenters. The van der Waals surface area contributed by atoms with Crippen molar-refractivity contribution in [2.24, 2.45) is 5.92 Å². The van der Waals surface area contributed by atoms with Crippen LogP contribution in [0.3, 0.4) is 0 Å². The van der Waals surface area contributed by atoms with Gasteiger partial charge in [-0.2, -0.15) is 0 Å². The van der Waals surface area contributed by atoms with Crippen molar-refractivity contribution in [2.75, 3.05) is 13.7 Å². The van der Waals surface area contributed by atoms with Gasteiger partial charge in [-0.3, -0.25) is 0 Å². The molecule has 0 aliphatic carbocycles. The number of methoxy groups -OCH3 is 1. The lowest BCUT2D eigenvalue weighted by atomic mass is 10.1. The van der Waals surface area contributed by atoms with Gasteiger partial charge in [-0.05, 0) is 24.4 Å². The third kappa shape index (κ3) is 4.62. The van der Waals surface area contributed by atoms with E-state index >= 15 is 0 Å². The van der Waals surface area contributed by atoms with Crippen molar-refractivity contribution in [3.05, 3.63) is 23.9 Å². The summed E-state index contributed by atoms with van der Waals surface area (Å²) < 4.78 is 5.01. The predicted molar refractivity (Wildman–Crippen MR) is 66.6 cm³/mol. The molecule has 0 radical (unpaired) electrons. The number of hydrogen-bond donors (Lipinski definition) is 1. The molecule has 3 nitrogen and oxygen atoms in total. The van der Waals surface area contributed by atoms with Crippen LogP contribution >= 0.6 is 0 Å². The third-order valence-corrected chi connectivity index (χ3v) is 2.61. The molecule has 1 rings (SSSR count). The van der Waals surface area contributed by atoms with E-state index in [0.29, 0.717) is 5.88 Å². The smallest absolute Gasteiger partial charge is 0.212 e. The molecule has 0 aliphatic heterocycles. The van der Waals surface area contributed by atoms with E-state index in [-0.39, 0.29) is 0 Å². The Kier molecular flexibility index (Phi) is 5.86. The molecular formula is C13H22N2O. The van der Waals surface area contributed by atoms with Crippen LogP contribution in [0.4, 0.5) is 0 Å². The van der Waals surface area contributed by atoms with Crippen LogP contribution < -0.4 is 10.1 Å².